The topological polar surface area (TPSA) is 94.5 Å². The van der Waals surface area contributed by atoms with Crippen LogP contribution in [0.4, 0.5) is 10.5 Å². The molecule has 152 valence electrons. The van der Waals surface area contributed by atoms with Crippen LogP contribution >= 0.6 is 0 Å². The lowest BCUT2D eigenvalue weighted by Crippen LogP contribution is -2.51. The Bertz CT molecular complexity index is 1110. The number of hydrogen-bond acceptors (Lipinski definition) is 6. The third kappa shape index (κ3) is 3.44. The molecule has 5 rings (SSSR count). The normalized spacial score (nSPS) is 16.9. The molecule has 2 aliphatic rings. The Balaban J connectivity index is 1.33. The van der Waals surface area contributed by atoms with E-state index in [2.05, 4.69) is 27.0 Å². The number of nitrogens with zero attached hydrogens (tertiary/aromatic N) is 4. The zero-order chi connectivity index (χ0) is 20.5. The number of hydrogen-bond donors (Lipinski definition) is 1. The first-order valence-electron chi connectivity index (χ1n) is 9.98. The van der Waals surface area contributed by atoms with Crippen LogP contribution in [0.1, 0.15) is 5.56 Å². The molecule has 2 fully saturated rings. The van der Waals surface area contributed by atoms with Crippen LogP contribution in [0.25, 0.3) is 22.3 Å². The van der Waals surface area contributed by atoms with Gasteiger partial charge in [0.15, 0.2) is 6.10 Å². The highest BCUT2D eigenvalue weighted by atomic mass is 16.6. The average Bonchev–Trinajstić information content (AvgIpc) is 3.21. The Hall–Kier alpha value is -3.57. The number of fused-ring (bicyclic) bond motifs is 1. The minimum Gasteiger partial charge on any atom is -0.441 e. The van der Waals surface area contributed by atoms with E-state index in [0.717, 1.165) is 41.1 Å². The molecule has 3 aromatic rings. The van der Waals surface area contributed by atoms with Gasteiger partial charge in [0.25, 0.3) is 0 Å². The number of pyridine rings is 1. The predicted molar refractivity (Wildman–Crippen MR) is 111 cm³/mol. The summed E-state index contributed by atoms with van der Waals surface area (Å²) < 4.78 is 10.5. The molecule has 2 aliphatic heterocycles. The summed E-state index contributed by atoms with van der Waals surface area (Å²) in [7, 11) is 0. The third-order valence-corrected chi connectivity index (χ3v) is 5.59. The number of piperazine rings is 1. The number of H-pyrrole nitrogens is 1. The van der Waals surface area contributed by atoms with Crippen molar-refractivity contribution in [2.75, 3.05) is 44.3 Å². The van der Waals surface area contributed by atoms with Crippen molar-refractivity contribution in [3.8, 4) is 17.3 Å². The maximum absolute atomic E-state index is 12.3. The summed E-state index contributed by atoms with van der Waals surface area (Å²) >= 11 is 0. The first-order chi connectivity index (χ1) is 14.7. The van der Waals surface area contributed by atoms with Crippen molar-refractivity contribution in [2.24, 2.45) is 0 Å². The Morgan fingerprint density at radius 2 is 1.93 bits per heavy atom. The predicted octanol–water partition coefficient (Wildman–Crippen LogP) is 2.76. The molecule has 0 aliphatic carbocycles. The van der Waals surface area contributed by atoms with Crippen LogP contribution < -0.4 is 4.90 Å². The Morgan fingerprint density at radius 1 is 1.17 bits per heavy atom. The van der Waals surface area contributed by atoms with Gasteiger partial charge in [-0.25, -0.2) is 9.78 Å². The summed E-state index contributed by atoms with van der Waals surface area (Å²) in [5.74, 6) is 0. The number of aromatic nitrogens is 2. The summed E-state index contributed by atoms with van der Waals surface area (Å²) in [5.41, 5.74) is 4.51. The minimum atomic E-state index is -0.257. The quantitative estimate of drug-likeness (QED) is 0.723. The molecular weight excluding hydrogens is 382 g/mol. The molecule has 4 heterocycles. The monoisotopic (exact) mass is 403 g/mol. The summed E-state index contributed by atoms with van der Waals surface area (Å²) in [5, 5.41) is 10.0. The second-order valence-corrected chi connectivity index (χ2v) is 7.48. The number of carbonyl (C=O) groups is 1. The van der Waals surface area contributed by atoms with E-state index in [0.29, 0.717) is 31.9 Å². The fourth-order valence-corrected chi connectivity index (χ4v) is 3.80. The molecule has 1 N–H and O–H groups in total. The third-order valence-electron chi connectivity index (χ3n) is 5.59. The lowest BCUT2D eigenvalue weighted by atomic mass is 10.1. The van der Waals surface area contributed by atoms with Crippen molar-refractivity contribution < 1.29 is 14.3 Å². The number of aromatic amines is 1. The lowest BCUT2D eigenvalue weighted by Gasteiger charge is -2.37. The van der Waals surface area contributed by atoms with Gasteiger partial charge in [0.2, 0.25) is 0 Å². The van der Waals surface area contributed by atoms with Crippen molar-refractivity contribution in [2.45, 2.75) is 6.10 Å². The number of nitriles is 1. The molecule has 1 amide bonds. The summed E-state index contributed by atoms with van der Waals surface area (Å²) in [6, 6.07) is 13.7. The molecule has 8 heteroatoms. The molecule has 2 aromatic heterocycles. The molecule has 0 bridgehead atoms. The minimum absolute atomic E-state index is 0.101. The van der Waals surface area contributed by atoms with Gasteiger partial charge < -0.3 is 24.3 Å². The van der Waals surface area contributed by atoms with Crippen LogP contribution in [0.2, 0.25) is 0 Å². The molecular formula is C22H21N5O3. The number of nitrogens with one attached hydrogen (secondary N) is 1. The van der Waals surface area contributed by atoms with Gasteiger partial charge in [-0.05, 0) is 29.8 Å². The van der Waals surface area contributed by atoms with E-state index in [-0.39, 0.29) is 12.2 Å². The molecule has 0 unspecified atom stereocenters. The highest BCUT2D eigenvalue weighted by Gasteiger charge is 2.28. The van der Waals surface area contributed by atoms with Crippen molar-refractivity contribution in [3.63, 3.8) is 0 Å². The summed E-state index contributed by atoms with van der Waals surface area (Å²) in [4.78, 5) is 24.1. The van der Waals surface area contributed by atoms with Gasteiger partial charge in [0.05, 0.1) is 24.8 Å². The Labute approximate surface area is 173 Å². The summed E-state index contributed by atoms with van der Waals surface area (Å²) in [6.07, 6.45) is 1.44. The van der Waals surface area contributed by atoms with E-state index >= 15 is 0 Å². The number of ether oxygens (including phenoxy) is 2. The second kappa shape index (κ2) is 7.69. The second-order valence-electron chi connectivity index (χ2n) is 7.48. The number of benzene rings is 1. The van der Waals surface area contributed by atoms with Crippen LogP contribution in [0.3, 0.4) is 0 Å². The Morgan fingerprint density at radius 3 is 2.60 bits per heavy atom. The fraction of sp³-hybridized carbons (Fsp3) is 0.318. The summed E-state index contributed by atoms with van der Waals surface area (Å²) in [6.45, 7) is 3.68. The van der Waals surface area contributed by atoms with E-state index in [1.165, 1.54) is 0 Å². The largest absolute Gasteiger partial charge is 0.441 e. The Kier molecular flexibility index (Phi) is 4.73. The number of amides is 1. The van der Waals surface area contributed by atoms with Crippen LogP contribution in [-0.2, 0) is 9.47 Å². The first-order valence-corrected chi connectivity index (χ1v) is 9.98. The fourth-order valence-electron chi connectivity index (χ4n) is 3.80. The van der Waals surface area contributed by atoms with E-state index in [4.69, 9.17) is 14.7 Å². The van der Waals surface area contributed by atoms with Gasteiger partial charge in [-0.2, -0.15) is 5.26 Å². The zero-order valence-electron chi connectivity index (χ0n) is 16.4. The van der Waals surface area contributed by atoms with Crippen LogP contribution in [0.5, 0.6) is 0 Å². The standard InChI is InChI=1S/C22H21N5O3/c23-12-15-1-3-16(4-2-15)19-11-18-20(5-6-24-21(18)25-19)26-7-9-27(10-8-26)22(28)30-17-13-29-14-17/h1-6,11,17H,7-10,13-14H2,(H,24,25). The van der Waals surface area contributed by atoms with Crippen molar-refractivity contribution >= 4 is 22.8 Å². The molecule has 0 atom stereocenters. The first kappa shape index (κ1) is 18.5. The lowest BCUT2D eigenvalue weighted by molar-refractivity contribution is -0.104. The molecule has 0 spiro atoms. The molecule has 8 nitrogen and oxygen atoms in total. The van der Waals surface area contributed by atoms with E-state index < -0.39 is 0 Å². The van der Waals surface area contributed by atoms with E-state index in [9.17, 15) is 4.79 Å². The van der Waals surface area contributed by atoms with Gasteiger partial charge >= 0.3 is 6.09 Å². The van der Waals surface area contributed by atoms with Crippen LogP contribution in [0, 0.1) is 11.3 Å². The molecule has 0 radical (unpaired) electrons. The maximum Gasteiger partial charge on any atom is 0.410 e. The van der Waals surface area contributed by atoms with Gasteiger partial charge in [-0.3, -0.25) is 0 Å². The highest BCUT2D eigenvalue weighted by Crippen LogP contribution is 2.31. The average molecular weight is 403 g/mol. The SMILES string of the molecule is N#Cc1ccc(-c2cc3c(N4CCN(C(=O)OC5COC5)CC4)ccnc3[nH]2)cc1. The van der Waals surface area contributed by atoms with Crippen molar-refractivity contribution in [1.82, 2.24) is 14.9 Å². The number of anilines is 1. The highest BCUT2D eigenvalue weighted by molar-refractivity contribution is 5.94. The number of rotatable bonds is 3. The van der Waals surface area contributed by atoms with Gasteiger partial charge in [0.1, 0.15) is 5.65 Å². The van der Waals surface area contributed by atoms with Gasteiger partial charge in [-0.15, -0.1) is 0 Å². The zero-order valence-corrected chi connectivity index (χ0v) is 16.4. The molecule has 2 saturated heterocycles. The van der Waals surface area contributed by atoms with Crippen LogP contribution in [0.15, 0.2) is 42.6 Å². The van der Waals surface area contributed by atoms with Crippen LogP contribution in [-0.4, -0.2) is 66.5 Å². The van der Waals surface area contributed by atoms with Crippen molar-refractivity contribution in [3.05, 3.63) is 48.2 Å². The van der Waals surface area contributed by atoms with Crippen molar-refractivity contribution in [1.29, 1.82) is 5.26 Å². The smallest absolute Gasteiger partial charge is 0.410 e. The number of carbonyl (C=O) groups excluding carboxylic acids is 1. The molecule has 0 saturated carbocycles. The molecule has 30 heavy (non-hydrogen) atoms. The molecule has 1 aromatic carbocycles. The van der Waals surface area contributed by atoms with Gasteiger partial charge in [0, 0.05) is 49.1 Å². The van der Waals surface area contributed by atoms with E-state index in [1.807, 2.05) is 30.3 Å². The maximum atomic E-state index is 12.3. The van der Waals surface area contributed by atoms with Gasteiger partial charge in [-0.1, -0.05) is 12.1 Å². The van der Waals surface area contributed by atoms with E-state index in [1.54, 1.807) is 11.1 Å².